The highest BCUT2D eigenvalue weighted by molar-refractivity contribution is 5.85. The Bertz CT molecular complexity index is 641. The zero-order valence-corrected chi connectivity index (χ0v) is 10.1. The average Bonchev–Trinajstić information content (AvgIpc) is 2.94. The Labute approximate surface area is 105 Å². The van der Waals surface area contributed by atoms with E-state index in [0.29, 0.717) is 0 Å². The molecule has 3 aromatic rings. The van der Waals surface area contributed by atoms with Crippen molar-refractivity contribution in [2.24, 2.45) is 0 Å². The summed E-state index contributed by atoms with van der Waals surface area (Å²) in [7, 11) is 1.96. The summed E-state index contributed by atoms with van der Waals surface area (Å²) in [5.74, 6) is 0. The summed E-state index contributed by atoms with van der Waals surface area (Å²) in [5.41, 5.74) is 2.36. The van der Waals surface area contributed by atoms with Crippen LogP contribution >= 0.6 is 0 Å². The molecule has 1 unspecified atom stereocenters. The van der Waals surface area contributed by atoms with Crippen LogP contribution in [0.15, 0.2) is 59.7 Å². The van der Waals surface area contributed by atoms with E-state index in [-0.39, 0.29) is 6.04 Å². The van der Waals surface area contributed by atoms with Crippen molar-refractivity contribution in [1.29, 1.82) is 0 Å². The van der Waals surface area contributed by atoms with Crippen LogP contribution in [0.5, 0.6) is 0 Å². The lowest BCUT2D eigenvalue weighted by atomic mass is 9.96. The zero-order valence-electron chi connectivity index (χ0n) is 10.1. The maximum absolute atomic E-state index is 5.18. The fraction of sp³-hybridized carbons (Fsp3) is 0.133. The van der Waals surface area contributed by atoms with E-state index in [1.807, 2.05) is 25.5 Å². The van der Waals surface area contributed by atoms with Crippen LogP contribution in [-0.2, 0) is 0 Å². The highest BCUT2D eigenvalue weighted by Gasteiger charge is 2.15. The van der Waals surface area contributed by atoms with Gasteiger partial charge in [-0.3, -0.25) is 4.98 Å². The van der Waals surface area contributed by atoms with Crippen LogP contribution in [0.2, 0.25) is 0 Å². The van der Waals surface area contributed by atoms with Crippen molar-refractivity contribution in [3.8, 4) is 0 Å². The molecule has 1 N–H and O–H groups in total. The molecule has 0 fully saturated rings. The molecule has 3 rings (SSSR count). The lowest BCUT2D eigenvalue weighted by Gasteiger charge is -2.17. The summed E-state index contributed by atoms with van der Waals surface area (Å²) in [5, 5.41) is 5.70. The predicted octanol–water partition coefficient (Wildman–Crippen LogP) is 3.14. The third-order valence-corrected chi connectivity index (χ3v) is 3.19. The van der Waals surface area contributed by atoms with E-state index in [2.05, 4.69) is 34.6 Å². The molecule has 18 heavy (non-hydrogen) atoms. The maximum Gasteiger partial charge on any atom is 0.0953 e. The second-order valence-corrected chi connectivity index (χ2v) is 4.22. The van der Waals surface area contributed by atoms with Crippen molar-refractivity contribution in [3.05, 3.63) is 66.4 Å². The second-order valence-electron chi connectivity index (χ2n) is 4.22. The Hall–Kier alpha value is -2.13. The van der Waals surface area contributed by atoms with Crippen LogP contribution in [0.4, 0.5) is 0 Å². The third kappa shape index (κ3) is 1.79. The molecule has 0 saturated heterocycles. The van der Waals surface area contributed by atoms with Gasteiger partial charge < -0.3 is 9.73 Å². The van der Waals surface area contributed by atoms with Crippen LogP contribution in [0.3, 0.4) is 0 Å². The van der Waals surface area contributed by atoms with Gasteiger partial charge in [-0.15, -0.1) is 0 Å². The minimum Gasteiger partial charge on any atom is -0.472 e. The standard InChI is InChI=1S/C15H14N2O/c1-16-15(12-6-8-18-10-12)14-4-2-3-11-9-17-7-5-13(11)14/h2-10,15-16H,1H3. The highest BCUT2D eigenvalue weighted by Crippen LogP contribution is 2.28. The lowest BCUT2D eigenvalue weighted by Crippen LogP contribution is -2.17. The molecule has 0 aliphatic heterocycles. The van der Waals surface area contributed by atoms with Crippen LogP contribution < -0.4 is 5.32 Å². The zero-order chi connectivity index (χ0) is 12.4. The molecule has 90 valence electrons. The van der Waals surface area contributed by atoms with Crippen molar-refractivity contribution >= 4 is 10.8 Å². The number of pyridine rings is 1. The van der Waals surface area contributed by atoms with E-state index >= 15 is 0 Å². The summed E-state index contributed by atoms with van der Waals surface area (Å²) in [6, 6.07) is 10.4. The fourth-order valence-electron chi connectivity index (χ4n) is 2.34. The highest BCUT2D eigenvalue weighted by atomic mass is 16.3. The van der Waals surface area contributed by atoms with Gasteiger partial charge >= 0.3 is 0 Å². The van der Waals surface area contributed by atoms with E-state index in [0.717, 1.165) is 10.9 Å². The molecule has 1 aromatic carbocycles. The number of benzene rings is 1. The van der Waals surface area contributed by atoms with Crippen molar-refractivity contribution in [3.63, 3.8) is 0 Å². The molecule has 3 nitrogen and oxygen atoms in total. The van der Waals surface area contributed by atoms with E-state index in [4.69, 9.17) is 4.42 Å². The maximum atomic E-state index is 5.18. The molecule has 0 amide bonds. The van der Waals surface area contributed by atoms with Crippen LogP contribution in [0.25, 0.3) is 10.8 Å². The molecule has 0 radical (unpaired) electrons. The number of rotatable bonds is 3. The van der Waals surface area contributed by atoms with Gasteiger partial charge in [-0.05, 0) is 30.1 Å². The number of hydrogen-bond donors (Lipinski definition) is 1. The lowest BCUT2D eigenvalue weighted by molar-refractivity contribution is 0.557. The summed E-state index contributed by atoms with van der Waals surface area (Å²) in [6.45, 7) is 0. The van der Waals surface area contributed by atoms with Gasteiger partial charge in [0.05, 0.1) is 18.6 Å². The number of nitrogens with one attached hydrogen (secondary N) is 1. The number of nitrogens with zero attached hydrogens (tertiary/aromatic N) is 1. The van der Waals surface area contributed by atoms with E-state index in [1.54, 1.807) is 12.5 Å². The molecule has 0 saturated carbocycles. The monoisotopic (exact) mass is 238 g/mol. The minimum atomic E-state index is 0.134. The fourth-order valence-corrected chi connectivity index (χ4v) is 2.34. The van der Waals surface area contributed by atoms with E-state index in [1.165, 1.54) is 10.9 Å². The smallest absolute Gasteiger partial charge is 0.0953 e. The Morgan fingerprint density at radius 2 is 2.17 bits per heavy atom. The largest absolute Gasteiger partial charge is 0.472 e. The predicted molar refractivity (Wildman–Crippen MR) is 71.4 cm³/mol. The van der Waals surface area contributed by atoms with Gasteiger partial charge in [0.2, 0.25) is 0 Å². The molecule has 3 heteroatoms. The van der Waals surface area contributed by atoms with Crippen molar-refractivity contribution in [2.45, 2.75) is 6.04 Å². The minimum absolute atomic E-state index is 0.134. The van der Waals surface area contributed by atoms with Gasteiger partial charge in [0, 0.05) is 23.3 Å². The van der Waals surface area contributed by atoms with Crippen molar-refractivity contribution in [2.75, 3.05) is 7.05 Å². The molecular weight excluding hydrogens is 224 g/mol. The Morgan fingerprint density at radius 1 is 1.22 bits per heavy atom. The van der Waals surface area contributed by atoms with Gasteiger partial charge in [-0.1, -0.05) is 18.2 Å². The molecule has 0 aliphatic carbocycles. The SMILES string of the molecule is CNC(c1ccoc1)c1cccc2cnccc12. The third-order valence-electron chi connectivity index (χ3n) is 3.19. The number of hydrogen-bond acceptors (Lipinski definition) is 3. The second kappa shape index (κ2) is 4.63. The van der Waals surface area contributed by atoms with Gasteiger partial charge in [-0.25, -0.2) is 0 Å². The number of fused-ring (bicyclic) bond motifs is 1. The molecule has 0 aliphatic rings. The number of furan rings is 1. The normalized spacial score (nSPS) is 12.7. The molecular formula is C15H14N2O. The van der Waals surface area contributed by atoms with E-state index < -0.39 is 0 Å². The summed E-state index contributed by atoms with van der Waals surface area (Å²) in [6.07, 6.45) is 7.20. The van der Waals surface area contributed by atoms with Gasteiger partial charge in [0.25, 0.3) is 0 Å². The molecule has 1 atom stereocenters. The van der Waals surface area contributed by atoms with Crippen LogP contribution in [0.1, 0.15) is 17.2 Å². The Balaban J connectivity index is 2.18. The van der Waals surface area contributed by atoms with Gasteiger partial charge in [0.15, 0.2) is 0 Å². The van der Waals surface area contributed by atoms with Crippen molar-refractivity contribution < 1.29 is 4.42 Å². The number of aromatic nitrogens is 1. The van der Waals surface area contributed by atoms with Gasteiger partial charge in [-0.2, -0.15) is 0 Å². The van der Waals surface area contributed by atoms with Crippen molar-refractivity contribution in [1.82, 2.24) is 10.3 Å². The van der Waals surface area contributed by atoms with Gasteiger partial charge in [0.1, 0.15) is 0 Å². The Morgan fingerprint density at radius 3 is 2.94 bits per heavy atom. The first-order valence-electron chi connectivity index (χ1n) is 5.92. The topological polar surface area (TPSA) is 38.1 Å². The molecule has 0 bridgehead atoms. The Kier molecular flexibility index (Phi) is 2.82. The summed E-state index contributed by atoms with van der Waals surface area (Å²) in [4.78, 5) is 4.16. The summed E-state index contributed by atoms with van der Waals surface area (Å²) < 4.78 is 5.18. The first-order valence-corrected chi connectivity index (χ1v) is 5.92. The molecule has 0 spiro atoms. The first kappa shape index (κ1) is 11.0. The molecule has 2 heterocycles. The quantitative estimate of drug-likeness (QED) is 0.761. The van der Waals surface area contributed by atoms with E-state index in [9.17, 15) is 0 Å². The van der Waals surface area contributed by atoms with Crippen LogP contribution in [-0.4, -0.2) is 12.0 Å². The first-order chi connectivity index (χ1) is 8.90. The van der Waals surface area contributed by atoms with Crippen LogP contribution in [0, 0.1) is 0 Å². The molecule has 2 aromatic heterocycles. The average molecular weight is 238 g/mol. The summed E-state index contributed by atoms with van der Waals surface area (Å²) >= 11 is 0.